The first-order valence-electron chi connectivity index (χ1n) is 7.09. The van der Waals surface area contributed by atoms with E-state index in [-0.39, 0.29) is 5.91 Å². The fraction of sp³-hybridized carbons (Fsp3) is 0.562. The number of hydrogen-bond acceptors (Lipinski definition) is 1. The molecule has 0 unspecified atom stereocenters. The molecule has 0 radical (unpaired) electrons. The quantitative estimate of drug-likeness (QED) is 0.752. The van der Waals surface area contributed by atoms with Crippen molar-refractivity contribution in [3.63, 3.8) is 0 Å². The SMILES string of the molecule is CC.CCCCCCc1ccccc1C(=O)NC. The zero-order valence-electron chi connectivity index (χ0n) is 12.3. The molecule has 0 aromatic heterocycles. The second-order valence-corrected chi connectivity index (χ2v) is 4.05. The molecule has 0 atom stereocenters. The van der Waals surface area contributed by atoms with Crippen LogP contribution in [0.25, 0.3) is 0 Å². The Bertz CT molecular complexity index is 334. The van der Waals surface area contributed by atoms with Crippen LogP contribution in [-0.4, -0.2) is 13.0 Å². The molecular weight excluding hydrogens is 222 g/mol. The Kier molecular flexibility index (Phi) is 10.0. The molecule has 0 aliphatic carbocycles. The fourth-order valence-electron chi connectivity index (χ4n) is 1.84. The molecule has 0 spiro atoms. The van der Waals surface area contributed by atoms with E-state index in [0.29, 0.717) is 0 Å². The number of carbonyl (C=O) groups excluding carboxylic acids is 1. The number of benzene rings is 1. The van der Waals surface area contributed by atoms with Crippen LogP contribution >= 0.6 is 0 Å². The van der Waals surface area contributed by atoms with Gasteiger partial charge < -0.3 is 5.32 Å². The van der Waals surface area contributed by atoms with E-state index in [0.717, 1.165) is 17.5 Å². The number of nitrogens with one attached hydrogen (secondary N) is 1. The van der Waals surface area contributed by atoms with Crippen LogP contribution in [0.4, 0.5) is 0 Å². The average molecular weight is 249 g/mol. The summed E-state index contributed by atoms with van der Waals surface area (Å²) >= 11 is 0. The summed E-state index contributed by atoms with van der Waals surface area (Å²) in [6.45, 7) is 6.21. The highest BCUT2D eigenvalue weighted by Crippen LogP contribution is 2.13. The molecule has 0 saturated heterocycles. The van der Waals surface area contributed by atoms with E-state index in [2.05, 4.69) is 18.3 Å². The monoisotopic (exact) mass is 249 g/mol. The van der Waals surface area contributed by atoms with Gasteiger partial charge in [-0.1, -0.05) is 58.2 Å². The zero-order chi connectivity index (χ0) is 13.8. The van der Waals surface area contributed by atoms with Gasteiger partial charge in [0.05, 0.1) is 0 Å². The van der Waals surface area contributed by atoms with Crippen molar-refractivity contribution in [1.29, 1.82) is 0 Å². The Morgan fingerprint density at radius 2 is 1.78 bits per heavy atom. The van der Waals surface area contributed by atoms with Gasteiger partial charge >= 0.3 is 0 Å². The van der Waals surface area contributed by atoms with Gasteiger partial charge in [0.15, 0.2) is 0 Å². The molecule has 0 fully saturated rings. The first-order chi connectivity index (χ1) is 8.79. The minimum absolute atomic E-state index is 0.0195. The molecule has 1 N–H and O–H groups in total. The van der Waals surface area contributed by atoms with E-state index in [4.69, 9.17) is 0 Å². The smallest absolute Gasteiger partial charge is 0.251 e. The Hall–Kier alpha value is -1.31. The minimum Gasteiger partial charge on any atom is -0.355 e. The van der Waals surface area contributed by atoms with Crippen molar-refractivity contribution in [3.05, 3.63) is 35.4 Å². The molecule has 0 heterocycles. The number of hydrogen-bond donors (Lipinski definition) is 1. The van der Waals surface area contributed by atoms with Gasteiger partial charge in [0.2, 0.25) is 0 Å². The van der Waals surface area contributed by atoms with E-state index >= 15 is 0 Å². The summed E-state index contributed by atoms with van der Waals surface area (Å²) in [6.07, 6.45) is 5.95. The summed E-state index contributed by atoms with van der Waals surface area (Å²) in [5.74, 6) is 0.0195. The van der Waals surface area contributed by atoms with Gasteiger partial charge in [-0.05, 0) is 24.5 Å². The number of carbonyl (C=O) groups is 1. The summed E-state index contributed by atoms with van der Waals surface area (Å²) in [5.41, 5.74) is 1.99. The lowest BCUT2D eigenvalue weighted by Gasteiger charge is -2.07. The van der Waals surface area contributed by atoms with Crippen molar-refractivity contribution in [3.8, 4) is 0 Å². The summed E-state index contributed by atoms with van der Waals surface area (Å²) in [6, 6.07) is 7.87. The topological polar surface area (TPSA) is 29.1 Å². The summed E-state index contributed by atoms with van der Waals surface area (Å²) in [5, 5.41) is 2.68. The van der Waals surface area contributed by atoms with Crippen LogP contribution in [0.3, 0.4) is 0 Å². The Labute approximate surface area is 112 Å². The molecule has 2 heteroatoms. The molecule has 1 aromatic carbocycles. The molecule has 1 rings (SSSR count). The third-order valence-corrected chi connectivity index (χ3v) is 2.79. The Morgan fingerprint density at radius 1 is 1.11 bits per heavy atom. The first-order valence-corrected chi connectivity index (χ1v) is 7.09. The van der Waals surface area contributed by atoms with Gasteiger partial charge in [0.1, 0.15) is 0 Å². The number of amides is 1. The molecule has 0 aliphatic rings. The lowest BCUT2D eigenvalue weighted by molar-refractivity contribution is 0.0962. The molecular formula is C16H27NO. The molecule has 0 saturated carbocycles. The van der Waals surface area contributed by atoms with Crippen molar-refractivity contribution >= 4 is 5.91 Å². The second kappa shape index (κ2) is 10.8. The zero-order valence-corrected chi connectivity index (χ0v) is 12.3. The number of rotatable bonds is 6. The first kappa shape index (κ1) is 16.7. The largest absolute Gasteiger partial charge is 0.355 e. The van der Waals surface area contributed by atoms with Crippen molar-refractivity contribution in [1.82, 2.24) is 5.32 Å². The predicted molar refractivity (Wildman–Crippen MR) is 79.0 cm³/mol. The highest BCUT2D eigenvalue weighted by atomic mass is 16.1. The van der Waals surface area contributed by atoms with Gasteiger partial charge in [-0.3, -0.25) is 4.79 Å². The normalized spacial score (nSPS) is 9.33. The predicted octanol–water partition coefficient (Wildman–Crippen LogP) is 4.20. The van der Waals surface area contributed by atoms with Gasteiger partial charge in [0.25, 0.3) is 5.91 Å². The third-order valence-electron chi connectivity index (χ3n) is 2.79. The van der Waals surface area contributed by atoms with Gasteiger partial charge in [0, 0.05) is 12.6 Å². The second-order valence-electron chi connectivity index (χ2n) is 4.05. The van der Waals surface area contributed by atoms with E-state index in [1.54, 1.807) is 7.05 Å². The average Bonchev–Trinajstić information content (AvgIpc) is 2.45. The van der Waals surface area contributed by atoms with Crippen molar-refractivity contribution in [2.75, 3.05) is 7.05 Å². The molecule has 1 amide bonds. The Balaban J connectivity index is 0.00000137. The molecule has 18 heavy (non-hydrogen) atoms. The van der Waals surface area contributed by atoms with Crippen LogP contribution < -0.4 is 5.32 Å². The maximum atomic E-state index is 11.6. The van der Waals surface area contributed by atoms with Gasteiger partial charge in [-0.25, -0.2) is 0 Å². The van der Waals surface area contributed by atoms with Crippen LogP contribution in [0.5, 0.6) is 0 Å². The highest BCUT2D eigenvalue weighted by molar-refractivity contribution is 5.95. The maximum Gasteiger partial charge on any atom is 0.251 e. The lowest BCUT2D eigenvalue weighted by atomic mass is 10.0. The van der Waals surface area contributed by atoms with E-state index in [1.165, 1.54) is 25.7 Å². The molecule has 0 aliphatic heterocycles. The molecule has 1 aromatic rings. The van der Waals surface area contributed by atoms with Gasteiger partial charge in [-0.2, -0.15) is 0 Å². The molecule has 2 nitrogen and oxygen atoms in total. The van der Waals surface area contributed by atoms with Gasteiger partial charge in [-0.15, -0.1) is 0 Å². The standard InChI is InChI=1S/C14H21NO.C2H6/c1-3-4-5-6-9-12-10-7-8-11-13(12)14(16)15-2;1-2/h7-8,10-11H,3-6,9H2,1-2H3,(H,15,16);1-2H3. The van der Waals surface area contributed by atoms with Crippen molar-refractivity contribution in [2.45, 2.75) is 52.9 Å². The van der Waals surface area contributed by atoms with E-state index in [9.17, 15) is 4.79 Å². The van der Waals surface area contributed by atoms with Crippen molar-refractivity contribution in [2.24, 2.45) is 0 Å². The highest BCUT2D eigenvalue weighted by Gasteiger charge is 2.07. The minimum atomic E-state index is 0.0195. The van der Waals surface area contributed by atoms with Crippen LogP contribution in [0.1, 0.15) is 62.4 Å². The third kappa shape index (κ3) is 5.85. The Morgan fingerprint density at radius 3 is 2.39 bits per heavy atom. The lowest BCUT2D eigenvalue weighted by Crippen LogP contribution is -2.19. The van der Waals surface area contributed by atoms with E-state index < -0.39 is 0 Å². The number of unbranched alkanes of at least 4 members (excludes halogenated alkanes) is 3. The van der Waals surface area contributed by atoms with Crippen molar-refractivity contribution < 1.29 is 4.79 Å². The summed E-state index contributed by atoms with van der Waals surface area (Å²) in [4.78, 5) is 11.6. The maximum absolute atomic E-state index is 11.6. The molecule has 0 bridgehead atoms. The fourth-order valence-corrected chi connectivity index (χ4v) is 1.84. The van der Waals surface area contributed by atoms with E-state index in [1.807, 2.05) is 32.0 Å². The van der Waals surface area contributed by atoms with Crippen LogP contribution in [0, 0.1) is 0 Å². The van der Waals surface area contributed by atoms with Crippen LogP contribution in [-0.2, 0) is 6.42 Å². The molecule has 102 valence electrons. The summed E-state index contributed by atoms with van der Waals surface area (Å²) in [7, 11) is 1.68. The summed E-state index contributed by atoms with van der Waals surface area (Å²) < 4.78 is 0. The van der Waals surface area contributed by atoms with Crippen LogP contribution in [0.2, 0.25) is 0 Å². The van der Waals surface area contributed by atoms with Crippen LogP contribution in [0.15, 0.2) is 24.3 Å². The number of aryl methyl sites for hydroxylation is 1.